The molecule has 1 atom stereocenters. The number of hydrogen-bond acceptors (Lipinski definition) is 3. The fraction of sp³-hybridized carbons (Fsp3) is 0.385. The third-order valence-corrected chi connectivity index (χ3v) is 3.29. The molecule has 1 aromatic rings. The van der Waals surface area contributed by atoms with E-state index < -0.39 is 12.0 Å². The van der Waals surface area contributed by atoms with Crippen molar-refractivity contribution in [2.24, 2.45) is 0 Å². The van der Waals surface area contributed by atoms with Gasteiger partial charge in [-0.15, -0.1) is 0 Å². The number of carbonyl (C=O) groups is 2. The van der Waals surface area contributed by atoms with Gasteiger partial charge in [-0.25, -0.2) is 9.59 Å². The number of nitrogens with zero attached hydrogens (tertiary/aromatic N) is 2. The maximum absolute atomic E-state index is 12.3. The molecule has 0 spiro atoms. The van der Waals surface area contributed by atoms with Gasteiger partial charge in [-0.3, -0.25) is 4.90 Å². The molecule has 1 aliphatic heterocycles. The molecule has 0 aliphatic carbocycles. The lowest BCUT2D eigenvalue weighted by Gasteiger charge is -2.27. The number of likely N-dealkylation sites (tertiary alicyclic amines) is 1. The van der Waals surface area contributed by atoms with Crippen LogP contribution >= 0.6 is 0 Å². The van der Waals surface area contributed by atoms with Crippen LogP contribution in [0.3, 0.4) is 0 Å². The Balaban J connectivity index is 2.17. The highest BCUT2D eigenvalue weighted by atomic mass is 16.4. The second-order valence-electron chi connectivity index (χ2n) is 4.55. The van der Waals surface area contributed by atoms with Crippen LogP contribution in [0.1, 0.15) is 12.8 Å². The molecule has 6 heteroatoms. The summed E-state index contributed by atoms with van der Waals surface area (Å²) in [4.78, 5) is 26.1. The summed E-state index contributed by atoms with van der Waals surface area (Å²) in [6.07, 6.45) is 1.17. The molecule has 0 bridgehead atoms. The van der Waals surface area contributed by atoms with Crippen molar-refractivity contribution in [2.75, 3.05) is 18.5 Å². The number of phenols is 1. The third-order valence-electron chi connectivity index (χ3n) is 3.29. The van der Waals surface area contributed by atoms with Gasteiger partial charge in [0.25, 0.3) is 0 Å². The summed E-state index contributed by atoms with van der Waals surface area (Å²) < 4.78 is 0. The van der Waals surface area contributed by atoms with Crippen molar-refractivity contribution in [2.45, 2.75) is 18.9 Å². The van der Waals surface area contributed by atoms with Crippen LogP contribution in [-0.4, -0.2) is 46.7 Å². The lowest BCUT2D eigenvalue weighted by atomic mass is 10.2. The molecular weight excluding hydrogens is 248 g/mol. The average Bonchev–Trinajstić information content (AvgIpc) is 2.86. The number of amides is 2. The fourth-order valence-corrected chi connectivity index (χ4v) is 2.26. The molecule has 0 radical (unpaired) electrons. The van der Waals surface area contributed by atoms with Crippen LogP contribution in [0, 0.1) is 0 Å². The number of urea groups is 1. The van der Waals surface area contributed by atoms with Gasteiger partial charge in [0.2, 0.25) is 0 Å². The highest BCUT2D eigenvalue weighted by molar-refractivity contribution is 5.94. The number of carboxylic acids is 1. The Bertz CT molecular complexity index is 503. The zero-order valence-corrected chi connectivity index (χ0v) is 10.6. The van der Waals surface area contributed by atoms with Gasteiger partial charge in [0.05, 0.1) is 0 Å². The Morgan fingerprint density at radius 3 is 2.79 bits per heavy atom. The number of phenolic OH excluding ortho intramolecular Hbond substituents is 1. The lowest BCUT2D eigenvalue weighted by Crippen LogP contribution is -2.46. The Kier molecular flexibility index (Phi) is 3.59. The predicted octanol–water partition coefficient (Wildman–Crippen LogP) is 1.50. The zero-order chi connectivity index (χ0) is 14.0. The second-order valence-corrected chi connectivity index (χ2v) is 4.55. The summed E-state index contributed by atoms with van der Waals surface area (Å²) in [5.74, 6) is -0.913. The van der Waals surface area contributed by atoms with Crippen LogP contribution in [0.4, 0.5) is 10.5 Å². The predicted molar refractivity (Wildman–Crippen MR) is 69.3 cm³/mol. The number of carbonyl (C=O) groups excluding carboxylic acids is 1. The molecule has 1 heterocycles. The molecule has 2 rings (SSSR count). The van der Waals surface area contributed by atoms with Crippen LogP contribution in [0.25, 0.3) is 0 Å². The quantitative estimate of drug-likeness (QED) is 0.848. The highest BCUT2D eigenvalue weighted by Gasteiger charge is 2.35. The smallest absolute Gasteiger partial charge is 0.326 e. The van der Waals surface area contributed by atoms with Gasteiger partial charge in [0, 0.05) is 25.3 Å². The van der Waals surface area contributed by atoms with Crippen molar-refractivity contribution < 1.29 is 19.8 Å². The summed E-state index contributed by atoms with van der Waals surface area (Å²) in [6, 6.07) is 5.17. The minimum atomic E-state index is -0.977. The first kappa shape index (κ1) is 13.2. The minimum Gasteiger partial charge on any atom is -0.508 e. The van der Waals surface area contributed by atoms with E-state index in [4.69, 9.17) is 5.11 Å². The number of carboxylic acid groups (broad SMARTS) is 1. The Hall–Kier alpha value is -2.24. The number of rotatable bonds is 2. The summed E-state index contributed by atoms with van der Waals surface area (Å²) in [5.41, 5.74) is 0.529. The van der Waals surface area contributed by atoms with E-state index in [-0.39, 0.29) is 11.8 Å². The molecule has 0 aromatic heterocycles. The molecule has 6 nitrogen and oxygen atoms in total. The first-order chi connectivity index (χ1) is 9.00. The maximum atomic E-state index is 12.3. The maximum Gasteiger partial charge on any atom is 0.326 e. The average molecular weight is 264 g/mol. The van der Waals surface area contributed by atoms with Gasteiger partial charge < -0.3 is 15.1 Å². The van der Waals surface area contributed by atoms with E-state index >= 15 is 0 Å². The topological polar surface area (TPSA) is 81.1 Å². The number of anilines is 1. The SMILES string of the molecule is CN(C(=O)N1CCCC1C(=O)O)c1cccc(O)c1. The molecule has 19 heavy (non-hydrogen) atoms. The van der Waals surface area contributed by atoms with E-state index in [2.05, 4.69) is 0 Å². The van der Waals surface area contributed by atoms with Gasteiger partial charge >= 0.3 is 12.0 Å². The van der Waals surface area contributed by atoms with Crippen molar-refractivity contribution in [1.29, 1.82) is 0 Å². The molecule has 2 amide bonds. The monoisotopic (exact) mass is 264 g/mol. The van der Waals surface area contributed by atoms with Gasteiger partial charge in [0.1, 0.15) is 11.8 Å². The van der Waals surface area contributed by atoms with E-state index in [0.29, 0.717) is 25.1 Å². The van der Waals surface area contributed by atoms with E-state index in [9.17, 15) is 14.7 Å². The largest absolute Gasteiger partial charge is 0.508 e. The van der Waals surface area contributed by atoms with Crippen LogP contribution in [0.15, 0.2) is 24.3 Å². The number of aliphatic carboxylic acids is 1. The molecule has 1 fully saturated rings. The van der Waals surface area contributed by atoms with Crippen LogP contribution in [0.2, 0.25) is 0 Å². The molecule has 102 valence electrons. The van der Waals surface area contributed by atoms with Gasteiger partial charge in [-0.05, 0) is 25.0 Å². The van der Waals surface area contributed by atoms with Crippen molar-refractivity contribution in [3.8, 4) is 5.75 Å². The van der Waals surface area contributed by atoms with Crippen molar-refractivity contribution in [3.05, 3.63) is 24.3 Å². The van der Waals surface area contributed by atoms with Crippen molar-refractivity contribution >= 4 is 17.7 Å². The van der Waals surface area contributed by atoms with E-state index in [0.717, 1.165) is 0 Å². The number of benzene rings is 1. The standard InChI is InChI=1S/C13H16N2O4/c1-14(9-4-2-5-10(16)8-9)13(19)15-7-3-6-11(15)12(17)18/h2,4-5,8,11,16H,3,6-7H2,1H3,(H,17,18). The molecule has 1 aliphatic rings. The number of hydrogen-bond donors (Lipinski definition) is 2. The Morgan fingerprint density at radius 1 is 1.42 bits per heavy atom. The molecule has 0 saturated carbocycles. The van der Waals surface area contributed by atoms with E-state index in [1.807, 2.05) is 0 Å². The van der Waals surface area contributed by atoms with Crippen LogP contribution < -0.4 is 4.90 Å². The zero-order valence-electron chi connectivity index (χ0n) is 10.6. The molecule has 2 N–H and O–H groups in total. The lowest BCUT2D eigenvalue weighted by molar-refractivity contribution is -0.141. The fourth-order valence-electron chi connectivity index (χ4n) is 2.26. The van der Waals surface area contributed by atoms with Crippen LogP contribution in [0.5, 0.6) is 5.75 Å². The summed E-state index contributed by atoms with van der Waals surface area (Å²) in [6.45, 7) is 0.443. The second kappa shape index (κ2) is 5.17. The summed E-state index contributed by atoms with van der Waals surface area (Å²) >= 11 is 0. The highest BCUT2D eigenvalue weighted by Crippen LogP contribution is 2.23. The van der Waals surface area contributed by atoms with E-state index in [1.54, 1.807) is 19.2 Å². The van der Waals surface area contributed by atoms with Crippen LogP contribution in [-0.2, 0) is 4.79 Å². The number of aromatic hydroxyl groups is 1. The normalized spacial score (nSPS) is 18.4. The molecule has 1 saturated heterocycles. The van der Waals surface area contributed by atoms with Gasteiger partial charge in [-0.2, -0.15) is 0 Å². The van der Waals surface area contributed by atoms with Gasteiger partial charge in [-0.1, -0.05) is 6.07 Å². The first-order valence-electron chi connectivity index (χ1n) is 6.07. The molecular formula is C13H16N2O4. The summed E-state index contributed by atoms with van der Waals surface area (Å²) in [7, 11) is 1.56. The Labute approximate surface area is 110 Å². The van der Waals surface area contributed by atoms with Crippen molar-refractivity contribution in [3.63, 3.8) is 0 Å². The summed E-state index contributed by atoms with van der Waals surface area (Å²) in [5, 5.41) is 18.5. The van der Waals surface area contributed by atoms with Crippen molar-refractivity contribution in [1.82, 2.24) is 4.90 Å². The molecule has 1 unspecified atom stereocenters. The Morgan fingerprint density at radius 2 is 2.16 bits per heavy atom. The first-order valence-corrected chi connectivity index (χ1v) is 6.07. The molecule has 1 aromatic carbocycles. The van der Waals surface area contributed by atoms with Gasteiger partial charge in [0.15, 0.2) is 0 Å². The minimum absolute atomic E-state index is 0.0633. The van der Waals surface area contributed by atoms with E-state index in [1.165, 1.54) is 21.9 Å². The third kappa shape index (κ3) is 2.62.